The van der Waals surface area contributed by atoms with Crippen LogP contribution >= 0.6 is 11.3 Å². The smallest absolute Gasteiger partial charge is 0.321 e. The number of nitrogens with one attached hydrogen (secondary N) is 2. The van der Waals surface area contributed by atoms with Gasteiger partial charge >= 0.3 is 6.03 Å². The van der Waals surface area contributed by atoms with Gasteiger partial charge < -0.3 is 14.8 Å². The van der Waals surface area contributed by atoms with Crippen molar-refractivity contribution >= 4 is 22.5 Å². The van der Waals surface area contributed by atoms with Crippen molar-refractivity contribution in [2.24, 2.45) is 0 Å². The lowest BCUT2D eigenvalue weighted by Crippen LogP contribution is -2.28. The zero-order valence-corrected chi connectivity index (χ0v) is 14.7. The zero-order chi connectivity index (χ0) is 18.4. The maximum absolute atomic E-state index is 14.2. The van der Waals surface area contributed by atoms with Crippen LogP contribution in [0.1, 0.15) is 5.56 Å². The van der Waals surface area contributed by atoms with Crippen LogP contribution < -0.4 is 20.1 Å². The molecule has 0 saturated carbocycles. The van der Waals surface area contributed by atoms with Crippen molar-refractivity contribution in [2.75, 3.05) is 12.4 Å². The third-order valence-electron chi connectivity index (χ3n) is 3.44. The van der Waals surface area contributed by atoms with E-state index in [0.717, 1.165) is 0 Å². The van der Waals surface area contributed by atoms with Crippen LogP contribution in [0.2, 0.25) is 0 Å². The Balaban J connectivity index is 1.69. The molecular weight excluding hydrogens is 357 g/mol. The first-order valence-electron chi connectivity index (χ1n) is 7.69. The van der Waals surface area contributed by atoms with Crippen LogP contribution in [0, 0.1) is 5.82 Å². The minimum absolute atomic E-state index is 0.0324. The standard InChI is InChI=1S/C18H16FN3O3S/c1-24-12-5-7-13(8-6-12)25-16-4-2-3-15(19)14(16)11-21-17(23)22-18-20-9-10-26-18/h2-10H,11H2,1H3,(H2,20,21,22,23). The number of ether oxygens (including phenoxy) is 2. The highest BCUT2D eigenvalue weighted by atomic mass is 32.1. The number of halogens is 1. The zero-order valence-electron chi connectivity index (χ0n) is 13.9. The van der Waals surface area contributed by atoms with Gasteiger partial charge in [-0.2, -0.15) is 0 Å². The van der Waals surface area contributed by atoms with Crippen LogP contribution in [0.5, 0.6) is 17.2 Å². The molecule has 0 bridgehead atoms. The number of amides is 2. The summed E-state index contributed by atoms with van der Waals surface area (Å²) < 4.78 is 25.1. The van der Waals surface area contributed by atoms with Crippen molar-refractivity contribution in [3.05, 3.63) is 65.4 Å². The molecule has 26 heavy (non-hydrogen) atoms. The highest BCUT2D eigenvalue weighted by Gasteiger charge is 2.12. The molecule has 2 amide bonds. The number of benzene rings is 2. The van der Waals surface area contributed by atoms with E-state index in [1.165, 1.54) is 17.4 Å². The number of nitrogens with zero attached hydrogens (tertiary/aromatic N) is 1. The predicted molar refractivity (Wildman–Crippen MR) is 97.4 cm³/mol. The number of hydrogen-bond acceptors (Lipinski definition) is 5. The number of urea groups is 1. The van der Waals surface area contributed by atoms with Gasteiger partial charge in [0.1, 0.15) is 23.1 Å². The molecule has 0 aliphatic rings. The third kappa shape index (κ3) is 4.48. The largest absolute Gasteiger partial charge is 0.497 e. The Kier molecular flexibility index (Phi) is 5.65. The summed E-state index contributed by atoms with van der Waals surface area (Å²) in [6, 6.07) is 11.0. The molecular formula is C18H16FN3O3S. The molecule has 2 N–H and O–H groups in total. The molecule has 8 heteroatoms. The van der Waals surface area contributed by atoms with E-state index in [1.54, 1.807) is 55.1 Å². The number of carbonyl (C=O) groups is 1. The quantitative estimate of drug-likeness (QED) is 0.672. The van der Waals surface area contributed by atoms with Gasteiger partial charge in [0.25, 0.3) is 0 Å². The van der Waals surface area contributed by atoms with Crippen molar-refractivity contribution < 1.29 is 18.7 Å². The predicted octanol–water partition coefficient (Wildman–Crippen LogP) is 4.40. The number of hydrogen-bond donors (Lipinski definition) is 2. The van der Waals surface area contributed by atoms with Crippen LogP contribution in [-0.2, 0) is 6.54 Å². The molecule has 0 atom stereocenters. The second-order valence-corrected chi connectivity index (χ2v) is 6.03. The lowest BCUT2D eigenvalue weighted by atomic mass is 10.2. The fourth-order valence-corrected chi connectivity index (χ4v) is 2.70. The molecule has 2 aromatic carbocycles. The van der Waals surface area contributed by atoms with Crippen LogP contribution in [0.15, 0.2) is 54.0 Å². The van der Waals surface area contributed by atoms with Crippen molar-refractivity contribution in [3.8, 4) is 17.2 Å². The Labute approximate surface area is 153 Å². The molecule has 0 spiro atoms. The topological polar surface area (TPSA) is 72.5 Å². The SMILES string of the molecule is COc1ccc(Oc2cccc(F)c2CNC(=O)Nc2nccs2)cc1. The molecule has 0 radical (unpaired) electrons. The van der Waals surface area contributed by atoms with Gasteiger partial charge in [0, 0.05) is 17.1 Å². The molecule has 1 heterocycles. The summed E-state index contributed by atoms with van der Waals surface area (Å²) in [4.78, 5) is 15.9. The number of anilines is 1. The summed E-state index contributed by atoms with van der Waals surface area (Å²) in [6.07, 6.45) is 1.58. The van der Waals surface area contributed by atoms with E-state index in [9.17, 15) is 9.18 Å². The number of methoxy groups -OCH3 is 1. The van der Waals surface area contributed by atoms with Gasteiger partial charge in [-0.25, -0.2) is 14.2 Å². The average Bonchev–Trinajstić information content (AvgIpc) is 3.15. The fourth-order valence-electron chi connectivity index (χ4n) is 2.17. The van der Waals surface area contributed by atoms with Crippen LogP contribution in [-0.4, -0.2) is 18.1 Å². The van der Waals surface area contributed by atoms with Crippen molar-refractivity contribution in [1.29, 1.82) is 0 Å². The number of thiazole rings is 1. The summed E-state index contributed by atoms with van der Waals surface area (Å²) in [7, 11) is 1.57. The van der Waals surface area contributed by atoms with E-state index in [1.807, 2.05) is 0 Å². The summed E-state index contributed by atoms with van der Waals surface area (Å²) >= 11 is 1.29. The molecule has 3 aromatic rings. The fraction of sp³-hybridized carbons (Fsp3) is 0.111. The number of rotatable bonds is 6. The summed E-state index contributed by atoms with van der Waals surface area (Å²) in [5.74, 6) is 1.08. The third-order valence-corrected chi connectivity index (χ3v) is 4.13. The lowest BCUT2D eigenvalue weighted by Gasteiger charge is -2.13. The number of carbonyl (C=O) groups excluding carboxylic acids is 1. The van der Waals surface area contributed by atoms with Gasteiger partial charge in [-0.1, -0.05) is 6.07 Å². The van der Waals surface area contributed by atoms with Crippen LogP contribution in [0.3, 0.4) is 0 Å². The first-order valence-corrected chi connectivity index (χ1v) is 8.57. The lowest BCUT2D eigenvalue weighted by molar-refractivity contribution is 0.251. The molecule has 1 aromatic heterocycles. The second-order valence-electron chi connectivity index (χ2n) is 5.14. The van der Waals surface area contributed by atoms with Gasteiger partial charge in [-0.3, -0.25) is 5.32 Å². The van der Waals surface area contributed by atoms with Gasteiger partial charge in [0.2, 0.25) is 0 Å². The Morgan fingerprint density at radius 3 is 2.65 bits per heavy atom. The second kappa shape index (κ2) is 8.30. The summed E-state index contributed by atoms with van der Waals surface area (Å²) in [5.41, 5.74) is 0.248. The Morgan fingerprint density at radius 1 is 1.19 bits per heavy atom. The molecule has 134 valence electrons. The van der Waals surface area contributed by atoms with Gasteiger partial charge in [-0.05, 0) is 36.4 Å². The molecule has 0 aliphatic heterocycles. The molecule has 0 fully saturated rings. The van der Waals surface area contributed by atoms with Crippen molar-refractivity contribution in [2.45, 2.75) is 6.54 Å². The average molecular weight is 373 g/mol. The van der Waals surface area contributed by atoms with E-state index >= 15 is 0 Å². The summed E-state index contributed by atoms with van der Waals surface area (Å²) in [5, 5.41) is 7.38. The maximum atomic E-state index is 14.2. The Morgan fingerprint density at radius 2 is 1.96 bits per heavy atom. The van der Waals surface area contributed by atoms with Crippen molar-refractivity contribution in [3.63, 3.8) is 0 Å². The van der Waals surface area contributed by atoms with E-state index in [-0.39, 0.29) is 12.1 Å². The van der Waals surface area contributed by atoms with E-state index < -0.39 is 11.8 Å². The first kappa shape index (κ1) is 17.7. The molecule has 0 unspecified atom stereocenters. The van der Waals surface area contributed by atoms with E-state index in [0.29, 0.717) is 22.4 Å². The van der Waals surface area contributed by atoms with Gasteiger partial charge in [0.15, 0.2) is 5.13 Å². The minimum atomic E-state index is -0.474. The van der Waals surface area contributed by atoms with E-state index in [2.05, 4.69) is 15.6 Å². The molecule has 0 saturated heterocycles. The van der Waals surface area contributed by atoms with Crippen LogP contribution in [0.25, 0.3) is 0 Å². The minimum Gasteiger partial charge on any atom is -0.497 e. The van der Waals surface area contributed by atoms with Gasteiger partial charge in [-0.15, -0.1) is 11.3 Å². The Hall–Kier alpha value is -3.13. The van der Waals surface area contributed by atoms with E-state index in [4.69, 9.17) is 9.47 Å². The molecule has 3 rings (SSSR count). The van der Waals surface area contributed by atoms with Crippen LogP contribution in [0.4, 0.5) is 14.3 Å². The normalized spacial score (nSPS) is 10.2. The maximum Gasteiger partial charge on any atom is 0.321 e. The first-order chi connectivity index (χ1) is 12.7. The highest BCUT2D eigenvalue weighted by molar-refractivity contribution is 7.13. The Bertz CT molecular complexity index is 870. The summed E-state index contributed by atoms with van der Waals surface area (Å²) in [6.45, 7) is -0.0324. The van der Waals surface area contributed by atoms with Crippen molar-refractivity contribution in [1.82, 2.24) is 10.3 Å². The highest BCUT2D eigenvalue weighted by Crippen LogP contribution is 2.28. The molecule has 0 aliphatic carbocycles. The monoisotopic (exact) mass is 373 g/mol. The van der Waals surface area contributed by atoms with Gasteiger partial charge in [0.05, 0.1) is 13.7 Å². The molecule has 6 nitrogen and oxygen atoms in total. The number of aromatic nitrogens is 1.